The lowest BCUT2D eigenvalue weighted by molar-refractivity contribution is 0.257. The summed E-state index contributed by atoms with van der Waals surface area (Å²) in [4.78, 5) is 0. The van der Waals surface area contributed by atoms with Crippen molar-refractivity contribution in [3.8, 4) is 5.75 Å². The third kappa shape index (κ3) is 7.24. The van der Waals surface area contributed by atoms with Crippen molar-refractivity contribution in [1.82, 2.24) is 5.32 Å². The Kier molecular flexibility index (Phi) is 7.61. The van der Waals surface area contributed by atoms with Crippen LogP contribution in [0.15, 0.2) is 36.4 Å². The van der Waals surface area contributed by atoms with Crippen LogP contribution >= 0.6 is 11.6 Å². The summed E-state index contributed by atoms with van der Waals surface area (Å²) in [5.41, 5.74) is 1.22. The van der Waals surface area contributed by atoms with Crippen molar-refractivity contribution in [2.45, 2.75) is 39.2 Å². The number of nitrogens with one attached hydrogen (secondary N) is 1. The van der Waals surface area contributed by atoms with Crippen molar-refractivity contribution in [3.05, 3.63) is 41.4 Å². The Morgan fingerprint density at radius 2 is 2.05 bits per heavy atom. The van der Waals surface area contributed by atoms with Crippen LogP contribution in [0.1, 0.15) is 33.1 Å². The first-order valence-corrected chi connectivity index (χ1v) is 7.25. The van der Waals surface area contributed by atoms with Crippen LogP contribution in [-0.2, 0) is 0 Å². The molecule has 0 fully saturated rings. The van der Waals surface area contributed by atoms with Gasteiger partial charge >= 0.3 is 0 Å². The largest absolute Gasteiger partial charge is 0.492 e. The summed E-state index contributed by atoms with van der Waals surface area (Å²) in [6, 6.07) is 7.86. The first-order valence-electron chi connectivity index (χ1n) is 6.88. The van der Waals surface area contributed by atoms with Crippen LogP contribution < -0.4 is 10.1 Å². The molecule has 0 aromatic heterocycles. The molecule has 0 amide bonds. The molecule has 3 heteroatoms. The maximum absolute atomic E-state index is 5.85. The van der Waals surface area contributed by atoms with Gasteiger partial charge in [0.25, 0.3) is 0 Å². The highest BCUT2D eigenvalue weighted by Crippen LogP contribution is 2.16. The summed E-state index contributed by atoms with van der Waals surface area (Å²) < 4.78 is 5.80. The fourth-order valence-electron chi connectivity index (χ4n) is 1.74. The third-order valence-electron chi connectivity index (χ3n) is 2.87. The van der Waals surface area contributed by atoms with Gasteiger partial charge in [0.15, 0.2) is 0 Å². The minimum Gasteiger partial charge on any atom is -0.492 e. The molecule has 0 aliphatic carbocycles. The number of ether oxygens (including phenoxy) is 1. The highest BCUT2D eigenvalue weighted by molar-refractivity contribution is 6.30. The van der Waals surface area contributed by atoms with Gasteiger partial charge in [-0.1, -0.05) is 24.1 Å². The van der Waals surface area contributed by atoms with E-state index in [1.54, 1.807) is 0 Å². The number of hydrogen-bond donors (Lipinski definition) is 1. The third-order valence-corrected chi connectivity index (χ3v) is 3.12. The Balaban J connectivity index is 2.42. The Bertz CT molecular complexity index is 375. The van der Waals surface area contributed by atoms with Gasteiger partial charge in [-0.2, -0.15) is 0 Å². The first kappa shape index (κ1) is 16.1. The summed E-state index contributed by atoms with van der Waals surface area (Å²) >= 11 is 5.85. The molecule has 0 aliphatic rings. The molecule has 1 aromatic carbocycles. The SMILES string of the molecule is C=C(C)CCC(COc1ccc(Cl)cc1)NCCC. The lowest BCUT2D eigenvalue weighted by atomic mass is 10.1. The van der Waals surface area contributed by atoms with Gasteiger partial charge in [0.05, 0.1) is 0 Å². The Labute approximate surface area is 121 Å². The molecular weight excluding hydrogens is 258 g/mol. The van der Waals surface area contributed by atoms with Gasteiger partial charge in [-0.25, -0.2) is 0 Å². The summed E-state index contributed by atoms with van der Waals surface area (Å²) in [5.74, 6) is 0.864. The van der Waals surface area contributed by atoms with Crippen LogP contribution in [0.2, 0.25) is 5.02 Å². The van der Waals surface area contributed by atoms with Crippen LogP contribution in [0, 0.1) is 0 Å². The van der Waals surface area contributed by atoms with Crippen molar-refractivity contribution in [2.24, 2.45) is 0 Å². The molecule has 0 bridgehead atoms. The van der Waals surface area contributed by atoms with Gasteiger partial charge in [0.2, 0.25) is 0 Å². The number of hydrogen-bond acceptors (Lipinski definition) is 2. The summed E-state index contributed by atoms with van der Waals surface area (Å²) in [6.07, 6.45) is 3.22. The monoisotopic (exact) mass is 281 g/mol. The fraction of sp³-hybridized carbons (Fsp3) is 0.500. The lowest BCUT2D eigenvalue weighted by Gasteiger charge is -2.19. The van der Waals surface area contributed by atoms with Crippen LogP contribution in [-0.4, -0.2) is 19.2 Å². The molecule has 19 heavy (non-hydrogen) atoms. The summed E-state index contributed by atoms with van der Waals surface area (Å²) in [7, 11) is 0. The molecule has 0 aliphatic heterocycles. The van der Waals surface area contributed by atoms with E-state index in [1.807, 2.05) is 24.3 Å². The molecule has 1 N–H and O–H groups in total. The molecule has 0 saturated carbocycles. The van der Waals surface area contributed by atoms with Gasteiger partial charge in [0.1, 0.15) is 12.4 Å². The van der Waals surface area contributed by atoms with Crippen molar-refractivity contribution in [1.29, 1.82) is 0 Å². The second-order valence-corrected chi connectivity index (χ2v) is 5.35. The molecule has 0 radical (unpaired) electrons. The maximum Gasteiger partial charge on any atom is 0.119 e. The number of benzene rings is 1. The number of rotatable bonds is 9. The van der Waals surface area contributed by atoms with Gasteiger partial charge in [0, 0.05) is 11.1 Å². The summed E-state index contributed by atoms with van der Waals surface area (Å²) in [5, 5.41) is 4.25. The van der Waals surface area contributed by atoms with E-state index in [9.17, 15) is 0 Å². The van der Waals surface area contributed by atoms with Gasteiger partial charge < -0.3 is 10.1 Å². The molecule has 1 atom stereocenters. The Morgan fingerprint density at radius 3 is 2.63 bits per heavy atom. The number of halogens is 1. The second kappa shape index (κ2) is 9.00. The predicted octanol–water partition coefficient (Wildman–Crippen LogP) is 4.44. The van der Waals surface area contributed by atoms with E-state index in [0.717, 1.165) is 36.6 Å². The number of allylic oxidation sites excluding steroid dienone is 1. The first-order chi connectivity index (χ1) is 9.11. The van der Waals surface area contributed by atoms with Crippen LogP contribution in [0.4, 0.5) is 0 Å². The van der Waals surface area contributed by atoms with E-state index in [0.29, 0.717) is 12.6 Å². The second-order valence-electron chi connectivity index (χ2n) is 4.91. The molecule has 106 valence electrons. The van der Waals surface area contributed by atoms with E-state index in [-0.39, 0.29) is 0 Å². The van der Waals surface area contributed by atoms with Gasteiger partial charge in [-0.3, -0.25) is 0 Å². The van der Waals surface area contributed by atoms with Crippen molar-refractivity contribution in [2.75, 3.05) is 13.2 Å². The fourth-order valence-corrected chi connectivity index (χ4v) is 1.87. The molecular formula is C16H24ClNO. The highest BCUT2D eigenvalue weighted by Gasteiger charge is 2.08. The van der Waals surface area contributed by atoms with E-state index >= 15 is 0 Å². The topological polar surface area (TPSA) is 21.3 Å². The standard InChI is InChI=1S/C16H24ClNO/c1-4-11-18-15(8-5-13(2)3)12-19-16-9-6-14(17)7-10-16/h6-7,9-10,15,18H,2,4-5,8,11-12H2,1,3H3. The average Bonchev–Trinajstić information content (AvgIpc) is 2.39. The van der Waals surface area contributed by atoms with Crippen molar-refractivity contribution in [3.63, 3.8) is 0 Å². The maximum atomic E-state index is 5.85. The predicted molar refractivity (Wildman–Crippen MR) is 83.1 cm³/mol. The summed E-state index contributed by atoms with van der Waals surface area (Å²) in [6.45, 7) is 9.88. The molecule has 0 saturated heterocycles. The van der Waals surface area contributed by atoms with Crippen LogP contribution in [0.5, 0.6) is 5.75 Å². The van der Waals surface area contributed by atoms with Crippen LogP contribution in [0.25, 0.3) is 0 Å². The normalized spacial score (nSPS) is 12.2. The zero-order chi connectivity index (χ0) is 14.1. The van der Waals surface area contributed by atoms with E-state index < -0.39 is 0 Å². The van der Waals surface area contributed by atoms with E-state index in [1.165, 1.54) is 5.57 Å². The Morgan fingerprint density at radius 1 is 1.37 bits per heavy atom. The highest BCUT2D eigenvalue weighted by atomic mass is 35.5. The van der Waals surface area contributed by atoms with Gasteiger partial charge in [-0.15, -0.1) is 6.58 Å². The molecule has 1 unspecified atom stereocenters. The van der Waals surface area contributed by atoms with Crippen molar-refractivity contribution < 1.29 is 4.74 Å². The molecule has 0 spiro atoms. The minimum atomic E-state index is 0.368. The molecule has 1 rings (SSSR count). The van der Waals surface area contributed by atoms with Crippen molar-refractivity contribution >= 4 is 11.6 Å². The van der Waals surface area contributed by atoms with E-state index in [4.69, 9.17) is 16.3 Å². The molecule has 0 heterocycles. The quantitative estimate of drug-likeness (QED) is 0.676. The van der Waals surface area contributed by atoms with E-state index in [2.05, 4.69) is 25.7 Å². The minimum absolute atomic E-state index is 0.368. The average molecular weight is 282 g/mol. The molecule has 1 aromatic rings. The molecule has 2 nitrogen and oxygen atoms in total. The lowest BCUT2D eigenvalue weighted by Crippen LogP contribution is -2.35. The van der Waals surface area contributed by atoms with Crippen LogP contribution in [0.3, 0.4) is 0 Å². The van der Waals surface area contributed by atoms with Gasteiger partial charge in [-0.05, 0) is 57.0 Å². The Hall–Kier alpha value is -0.990. The smallest absolute Gasteiger partial charge is 0.119 e. The zero-order valence-corrected chi connectivity index (χ0v) is 12.7. The zero-order valence-electron chi connectivity index (χ0n) is 11.9.